The van der Waals surface area contributed by atoms with Gasteiger partial charge in [-0.05, 0) is 29.9 Å². The first-order valence-electron chi connectivity index (χ1n) is 3.39. The number of aliphatic hydroxyl groups excluding tert-OH is 1. The molecule has 0 aliphatic rings. The van der Waals surface area contributed by atoms with Gasteiger partial charge in [0, 0.05) is 0 Å². The lowest BCUT2D eigenvalue weighted by Gasteiger charge is -2.02. The molecule has 64 valence electrons. The van der Waals surface area contributed by atoms with E-state index in [1.54, 1.807) is 24.3 Å². The Morgan fingerprint density at radius 1 is 1.42 bits per heavy atom. The minimum absolute atomic E-state index is 0.00764. The lowest BCUT2D eigenvalue weighted by Crippen LogP contribution is -2.15. The van der Waals surface area contributed by atoms with E-state index in [9.17, 15) is 0 Å². The first-order valence-corrected chi connectivity index (χ1v) is 3.80. The van der Waals surface area contributed by atoms with Gasteiger partial charge in [0.15, 0.2) is 0 Å². The van der Waals surface area contributed by atoms with Crippen molar-refractivity contribution in [3.05, 3.63) is 29.8 Å². The second-order valence-electron chi connectivity index (χ2n) is 2.22. The first-order chi connectivity index (χ1) is 5.72. The maximum absolute atomic E-state index is 8.72. The van der Waals surface area contributed by atoms with Gasteiger partial charge in [-0.2, -0.15) is 0 Å². The molecule has 12 heavy (non-hydrogen) atoms. The SMILES string of the molecule is NC(=S)Oc1ccc(CO)cc1. The van der Waals surface area contributed by atoms with E-state index in [1.807, 2.05) is 0 Å². The van der Waals surface area contributed by atoms with E-state index < -0.39 is 0 Å². The quantitative estimate of drug-likeness (QED) is 0.666. The first kappa shape index (κ1) is 8.96. The fourth-order valence-electron chi connectivity index (χ4n) is 0.779. The minimum Gasteiger partial charge on any atom is -0.432 e. The van der Waals surface area contributed by atoms with Crippen LogP contribution in [-0.4, -0.2) is 10.3 Å². The summed E-state index contributed by atoms with van der Waals surface area (Å²) in [5.74, 6) is 0.583. The molecular formula is C8H9NO2S. The maximum Gasteiger partial charge on any atom is 0.259 e. The highest BCUT2D eigenvalue weighted by molar-refractivity contribution is 7.80. The Morgan fingerprint density at radius 3 is 2.42 bits per heavy atom. The van der Waals surface area contributed by atoms with Crippen LogP contribution in [0, 0.1) is 0 Å². The van der Waals surface area contributed by atoms with Gasteiger partial charge >= 0.3 is 0 Å². The van der Waals surface area contributed by atoms with Gasteiger partial charge in [0.05, 0.1) is 6.61 Å². The van der Waals surface area contributed by atoms with Crippen LogP contribution < -0.4 is 10.5 Å². The van der Waals surface area contributed by atoms with Crippen LogP contribution in [0.25, 0.3) is 0 Å². The van der Waals surface area contributed by atoms with Crippen LogP contribution in [0.15, 0.2) is 24.3 Å². The van der Waals surface area contributed by atoms with Gasteiger partial charge in [0.25, 0.3) is 5.17 Å². The summed E-state index contributed by atoms with van der Waals surface area (Å²) in [6.07, 6.45) is 0. The number of aliphatic hydroxyl groups is 1. The highest BCUT2D eigenvalue weighted by atomic mass is 32.1. The number of benzene rings is 1. The van der Waals surface area contributed by atoms with Crippen LogP contribution in [0.3, 0.4) is 0 Å². The Labute approximate surface area is 75.8 Å². The van der Waals surface area contributed by atoms with Gasteiger partial charge in [0.2, 0.25) is 0 Å². The van der Waals surface area contributed by atoms with E-state index in [0.29, 0.717) is 5.75 Å². The highest BCUT2D eigenvalue weighted by Crippen LogP contribution is 2.11. The normalized spacial score (nSPS) is 9.42. The van der Waals surface area contributed by atoms with Gasteiger partial charge in [-0.25, -0.2) is 0 Å². The second kappa shape index (κ2) is 4.04. The Morgan fingerprint density at radius 2 is 2.00 bits per heavy atom. The van der Waals surface area contributed by atoms with Crippen LogP contribution in [0.4, 0.5) is 0 Å². The van der Waals surface area contributed by atoms with Crippen LogP contribution >= 0.6 is 12.2 Å². The molecule has 0 heterocycles. The summed E-state index contributed by atoms with van der Waals surface area (Å²) >= 11 is 4.54. The third kappa shape index (κ3) is 2.48. The number of nitrogens with two attached hydrogens (primary N) is 1. The van der Waals surface area contributed by atoms with Gasteiger partial charge in [-0.3, -0.25) is 0 Å². The van der Waals surface area contributed by atoms with E-state index in [2.05, 4.69) is 12.2 Å². The maximum atomic E-state index is 8.72. The topological polar surface area (TPSA) is 55.5 Å². The average molecular weight is 183 g/mol. The third-order valence-electron chi connectivity index (χ3n) is 1.32. The summed E-state index contributed by atoms with van der Waals surface area (Å²) in [7, 11) is 0. The van der Waals surface area contributed by atoms with Crippen LogP contribution in [0.2, 0.25) is 0 Å². The van der Waals surface area contributed by atoms with Gasteiger partial charge < -0.3 is 15.6 Å². The van der Waals surface area contributed by atoms with Gasteiger partial charge in [0.1, 0.15) is 5.75 Å². The van der Waals surface area contributed by atoms with Crippen molar-refractivity contribution in [1.82, 2.24) is 0 Å². The minimum atomic E-state index is -0.00764. The van der Waals surface area contributed by atoms with E-state index >= 15 is 0 Å². The molecule has 3 N–H and O–H groups in total. The van der Waals surface area contributed by atoms with Crippen molar-refractivity contribution in [2.75, 3.05) is 0 Å². The molecule has 0 spiro atoms. The molecule has 1 rings (SSSR count). The molecule has 0 aromatic heterocycles. The number of ether oxygens (including phenoxy) is 1. The van der Waals surface area contributed by atoms with Crippen molar-refractivity contribution in [3.63, 3.8) is 0 Å². The summed E-state index contributed by atoms with van der Waals surface area (Å²) in [5, 5.41) is 8.71. The molecule has 0 aliphatic heterocycles. The number of rotatable bonds is 2. The lowest BCUT2D eigenvalue weighted by atomic mass is 10.2. The van der Waals surface area contributed by atoms with Crippen molar-refractivity contribution in [3.8, 4) is 5.75 Å². The molecule has 3 nitrogen and oxygen atoms in total. The Bertz CT molecular complexity index is 271. The second-order valence-corrected chi connectivity index (χ2v) is 2.63. The van der Waals surface area contributed by atoms with Crippen LogP contribution in [0.1, 0.15) is 5.56 Å². The van der Waals surface area contributed by atoms with Crippen molar-refractivity contribution >= 4 is 17.4 Å². The summed E-state index contributed by atoms with van der Waals surface area (Å²) in [5.41, 5.74) is 5.98. The van der Waals surface area contributed by atoms with Crippen molar-refractivity contribution in [2.45, 2.75) is 6.61 Å². The molecule has 1 aromatic carbocycles. The van der Waals surface area contributed by atoms with Gasteiger partial charge in [-0.15, -0.1) is 0 Å². The van der Waals surface area contributed by atoms with Crippen molar-refractivity contribution < 1.29 is 9.84 Å². The zero-order valence-electron chi connectivity index (χ0n) is 6.36. The Hall–Kier alpha value is -1.13. The summed E-state index contributed by atoms with van der Waals surface area (Å²) in [4.78, 5) is 0. The van der Waals surface area contributed by atoms with Crippen molar-refractivity contribution in [2.24, 2.45) is 5.73 Å². The fraction of sp³-hybridized carbons (Fsp3) is 0.125. The predicted octanol–water partition coefficient (Wildman–Crippen LogP) is 0.801. The largest absolute Gasteiger partial charge is 0.432 e. The Balaban J connectivity index is 2.71. The number of hydrogen-bond acceptors (Lipinski definition) is 3. The molecule has 0 amide bonds. The molecule has 4 heteroatoms. The molecule has 0 radical (unpaired) electrons. The molecular weight excluding hydrogens is 174 g/mol. The number of thiocarbonyl (C=S) groups is 1. The van der Waals surface area contributed by atoms with E-state index in [4.69, 9.17) is 15.6 Å². The highest BCUT2D eigenvalue weighted by Gasteiger charge is 1.94. The molecule has 0 atom stereocenters. The molecule has 0 saturated heterocycles. The molecule has 0 bridgehead atoms. The van der Waals surface area contributed by atoms with Crippen molar-refractivity contribution in [1.29, 1.82) is 0 Å². The molecule has 1 aromatic rings. The standard InChI is InChI=1S/C8H9NO2S/c9-8(12)11-7-3-1-6(5-10)2-4-7/h1-4,10H,5H2,(H2,9,12). The lowest BCUT2D eigenvalue weighted by molar-refractivity contribution is 0.282. The summed E-state index contributed by atoms with van der Waals surface area (Å²) < 4.78 is 4.94. The fourth-order valence-corrected chi connectivity index (χ4v) is 0.875. The molecule has 0 saturated carbocycles. The smallest absolute Gasteiger partial charge is 0.259 e. The van der Waals surface area contributed by atoms with Crippen LogP contribution in [0.5, 0.6) is 5.75 Å². The van der Waals surface area contributed by atoms with E-state index in [-0.39, 0.29) is 11.8 Å². The summed E-state index contributed by atoms with van der Waals surface area (Å²) in [6, 6.07) is 6.89. The average Bonchev–Trinajstić information content (AvgIpc) is 2.05. The molecule has 0 aliphatic carbocycles. The summed E-state index contributed by atoms with van der Waals surface area (Å²) in [6.45, 7) is 0.0212. The zero-order valence-corrected chi connectivity index (χ0v) is 7.17. The van der Waals surface area contributed by atoms with Crippen LogP contribution in [-0.2, 0) is 6.61 Å². The monoisotopic (exact) mass is 183 g/mol. The predicted molar refractivity (Wildman–Crippen MR) is 49.8 cm³/mol. The molecule has 0 fully saturated rings. The Kier molecular flexibility index (Phi) is 3.01. The van der Waals surface area contributed by atoms with Gasteiger partial charge in [-0.1, -0.05) is 12.1 Å². The van der Waals surface area contributed by atoms with E-state index in [1.165, 1.54) is 0 Å². The zero-order chi connectivity index (χ0) is 8.97. The number of hydrogen-bond donors (Lipinski definition) is 2. The third-order valence-corrected chi connectivity index (χ3v) is 1.41. The molecule has 0 unspecified atom stereocenters. The van der Waals surface area contributed by atoms with E-state index in [0.717, 1.165) is 5.56 Å².